The summed E-state index contributed by atoms with van der Waals surface area (Å²) < 4.78 is 0. The fourth-order valence-electron chi connectivity index (χ4n) is 4.34. The fraction of sp³-hybridized carbons (Fsp3) is 0.348. The average molecular weight is 445 g/mol. The molecule has 4 N–H and O–H groups in total. The van der Waals surface area contributed by atoms with Crippen molar-refractivity contribution in [2.24, 2.45) is 0 Å². The molecular formula is C23H28N10. The van der Waals surface area contributed by atoms with Gasteiger partial charge in [0.15, 0.2) is 0 Å². The highest BCUT2D eigenvalue weighted by Gasteiger charge is 2.22. The van der Waals surface area contributed by atoms with Gasteiger partial charge in [0, 0.05) is 44.0 Å². The van der Waals surface area contributed by atoms with Gasteiger partial charge in [-0.3, -0.25) is 4.98 Å². The molecule has 2 atom stereocenters. The number of anilines is 3. The molecule has 5 heterocycles. The minimum atomic E-state index is 0.433. The first kappa shape index (κ1) is 21.1. The lowest BCUT2D eigenvalue weighted by atomic mass is 10.1. The van der Waals surface area contributed by atoms with Gasteiger partial charge < -0.3 is 25.8 Å². The van der Waals surface area contributed by atoms with E-state index in [-0.39, 0.29) is 0 Å². The lowest BCUT2D eigenvalue weighted by Gasteiger charge is -2.37. The highest BCUT2D eigenvalue weighted by molar-refractivity contribution is 6.00. The van der Waals surface area contributed by atoms with E-state index in [2.05, 4.69) is 71.8 Å². The van der Waals surface area contributed by atoms with Crippen molar-refractivity contribution in [2.75, 3.05) is 35.7 Å². The van der Waals surface area contributed by atoms with Crippen molar-refractivity contribution in [1.29, 1.82) is 0 Å². The molecule has 1 aliphatic rings. The summed E-state index contributed by atoms with van der Waals surface area (Å²) >= 11 is 0. The molecule has 0 unspecified atom stereocenters. The third kappa shape index (κ3) is 4.42. The number of hydrogen-bond donors (Lipinski definition) is 4. The van der Waals surface area contributed by atoms with E-state index in [0.29, 0.717) is 24.4 Å². The summed E-state index contributed by atoms with van der Waals surface area (Å²) in [5, 5.41) is 10.9. The number of nitrogens with zero attached hydrogens (tertiary/aromatic N) is 6. The topological polar surface area (TPSA) is 120 Å². The van der Waals surface area contributed by atoms with Gasteiger partial charge in [-0.1, -0.05) is 6.07 Å². The zero-order valence-corrected chi connectivity index (χ0v) is 19.0. The molecule has 0 aliphatic carbocycles. The summed E-state index contributed by atoms with van der Waals surface area (Å²) in [6, 6.07) is 7.04. The van der Waals surface area contributed by atoms with Crippen molar-refractivity contribution < 1.29 is 0 Å². The molecule has 4 aromatic heterocycles. The van der Waals surface area contributed by atoms with Gasteiger partial charge in [0.05, 0.1) is 35.7 Å². The molecule has 0 saturated carbocycles. The van der Waals surface area contributed by atoms with Crippen LogP contribution in [-0.4, -0.2) is 62.1 Å². The number of piperazine rings is 1. The molecule has 0 spiro atoms. The van der Waals surface area contributed by atoms with Crippen LogP contribution in [0.4, 0.5) is 17.5 Å². The second-order valence-corrected chi connectivity index (χ2v) is 8.40. The highest BCUT2D eigenvalue weighted by atomic mass is 15.3. The normalized spacial score (nSPS) is 18.5. The van der Waals surface area contributed by atoms with E-state index < -0.39 is 0 Å². The van der Waals surface area contributed by atoms with Gasteiger partial charge in [-0.15, -0.1) is 0 Å². The second-order valence-electron chi connectivity index (χ2n) is 8.40. The van der Waals surface area contributed by atoms with Crippen LogP contribution in [0.2, 0.25) is 0 Å². The minimum absolute atomic E-state index is 0.433. The summed E-state index contributed by atoms with van der Waals surface area (Å²) in [4.78, 5) is 28.2. The molecule has 1 fully saturated rings. The van der Waals surface area contributed by atoms with Crippen LogP contribution in [-0.2, 0) is 6.54 Å². The van der Waals surface area contributed by atoms with Crippen molar-refractivity contribution in [3.63, 3.8) is 0 Å². The maximum absolute atomic E-state index is 4.91. The number of H-pyrrole nitrogens is 1. The molecule has 4 aromatic rings. The molecule has 1 aliphatic heterocycles. The lowest BCUT2D eigenvalue weighted by molar-refractivity contribution is 0.405. The predicted octanol–water partition coefficient (Wildman–Crippen LogP) is 2.65. The molecule has 0 radical (unpaired) electrons. The Morgan fingerprint density at radius 3 is 2.76 bits per heavy atom. The Balaban J connectivity index is 1.40. The lowest BCUT2D eigenvalue weighted by Crippen LogP contribution is -2.54. The smallest absolute Gasteiger partial charge is 0.144 e. The summed E-state index contributed by atoms with van der Waals surface area (Å²) in [7, 11) is 1.82. The molecule has 5 rings (SSSR count). The molecule has 0 bridgehead atoms. The van der Waals surface area contributed by atoms with Crippen LogP contribution in [0.25, 0.3) is 22.3 Å². The van der Waals surface area contributed by atoms with Gasteiger partial charge in [-0.25, -0.2) is 19.9 Å². The Labute approximate surface area is 192 Å². The zero-order chi connectivity index (χ0) is 22.8. The van der Waals surface area contributed by atoms with Crippen LogP contribution in [0.5, 0.6) is 0 Å². The van der Waals surface area contributed by atoms with Crippen molar-refractivity contribution >= 4 is 28.5 Å². The van der Waals surface area contributed by atoms with E-state index in [1.54, 1.807) is 18.7 Å². The number of rotatable bonds is 6. The summed E-state index contributed by atoms with van der Waals surface area (Å²) in [6.45, 7) is 6.85. The first-order chi connectivity index (χ1) is 16.1. The first-order valence-electron chi connectivity index (χ1n) is 11.1. The molecule has 10 heteroatoms. The van der Waals surface area contributed by atoms with Gasteiger partial charge >= 0.3 is 0 Å². The highest BCUT2D eigenvalue weighted by Crippen LogP contribution is 2.31. The number of aromatic amines is 1. The molecule has 170 valence electrons. The SMILES string of the molecule is CNc1cncc(-c2c[nH]c3ncnc(NCc4cccc(N5C[C@@H](C)N[C@@H](C)C5)n4)c23)n1. The van der Waals surface area contributed by atoms with Gasteiger partial charge in [0.2, 0.25) is 0 Å². The predicted molar refractivity (Wildman–Crippen MR) is 130 cm³/mol. The Bertz CT molecular complexity index is 1240. The maximum Gasteiger partial charge on any atom is 0.144 e. The summed E-state index contributed by atoms with van der Waals surface area (Å²) in [5.41, 5.74) is 3.33. The number of pyridine rings is 1. The zero-order valence-electron chi connectivity index (χ0n) is 19.0. The van der Waals surface area contributed by atoms with Gasteiger partial charge in [-0.2, -0.15) is 0 Å². The van der Waals surface area contributed by atoms with Crippen LogP contribution in [0.1, 0.15) is 19.5 Å². The summed E-state index contributed by atoms with van der Waals surface area (Å²) in [5.74, 6) is 2.43. The van der Waals surface area contributed by atoms with E-state index in [1.807, 2.05) is 19.3 Å². The van der Waals surface area contributed by atoms with Crippen molar-refractivity contribution in [3.8, 4) is 11.3 Å². The Hall–Kier alpha value is -3.79. The molecule has 0 aromatic carbocycles. The van der Waals surface area contributed by atoms with Crippen LogP contribution in [0, 0.1) is 0 Å². The van der Waals surface area contributed by atoms with E-state index in [4.69, 9.17) is 4.98 Å². The third-order valence-corrected chi connectivity index (χ3v) is 5.75. The van der Waals surface area contributed by atoms with Crippen molar-refractivity contribution in [3.05, 3.63) is 48.8 Å². The number of aromatic nitrogens is 6. The van der Waals surface area contributed by atoms with E-state index >= 15 is 0 Å². The Morgan fingerprint density at radius 1 is 1.09 bits per heavy atom. The van der Waals surface area contributed by atoms with Gasteiger partial charge in [0.25, 0.3) is 0 Å². The summed E-state index contributed by atoms with van der Waals surface area (Å²) in [6.07, 6.45) is 6.86. The van der Waals surface area contributed by atoms with Crippen LogP contribution in [0.3, 0.4) is 0 Å². The van der Waals surface area contributed by atoms with E-state index in [1.165, 1.54) is 0 Å². The third-order valence-electron chi connectivity index (χ3n) is 5.75. The molecule has 33 heavy (non-hydrogen) atoms. The van der Waals surface area contributed by atoms with Gasteiger partial charge in [0.1, 0.15) is 29.4 Å². The largest absolute Gasteiger partial charge is 0.372 e. The number of hydrogen-bond acceptors (Lipinski definition) is 9. The van der Waals surface area contributed by atoms with E-state index in [0.717, 1.165) is 52.7 Å². The molecular weight excluding hydrogens is 416 g/mol. The monoisotopic (exact) mass is 444 g/mol. The van der Waals surface area contributed by atoms with Crippen molar-refractivity contribution in [1.82, 2.24) is 35.2 Å². The first-order valence-corrected chi connectivity index (χ1v) is 11.1. The molecule has 0 amide bonds. The Kier molecular flexibility index (Phi) is 5.74. The maximum atomic E-state index is 4.91. The number of fused-ring (bicyclic) bond motifs is 1. The standard InChI is InChI=1S/C23H28N10/c1-14-11-33(12-15(2)30-14)20-6-4-5-16(31-20)7-26-22-21-17(8-27-23(21)29-13-28-22)18-9-25-10-19(24-3)32-18/h4-6,8-10,13-15,30H,7,11-12H2,1-3H3,(H,24,32)(H2,26,27,28,29)/t14-,15+. The van der Waals surface area contributed by atoms with E-state index in [9.17, 15) is 0 Å². The van der Waals surface area contributed by atoms with Gasteiger partial charge in [-0.05, 0) is 26.0 Å². The average Bonchev–Trinajstić information content (AvgIpc) is 3.27. The fourth-order valence-corrected chi connectivity index (χ4v) is 4.34. The van der Waals surface area contributed by atoms with Crippen LogP contribution >= 0.6 is 0 Å². The molecule has 10 nitrogen and oxygen atoms in total. The number of nitrogens with one attached hydrogen (secondary N) is 4. The van der Waals surface area contributed by atoms with Crippen molar-refractivity contribution in [2.45, 2.75) is 32.5 Å². The quantitative estimate of drug-likeness (QED) is 0.356. The Morgan fingerprint density at radius 2 is 1.94 bits per heavy atom. The minimum Gasteiger partial charge on any atom is -0.372 e. The van der Waals surface area contributed by atoms with Crippen LogP contribution in [0.15, 0.2) is 43.1 Å². The second kappa shape index (κ2) is 8.99. The van der Waals surface area contributed by atoms with Crippen LogP contribution < -0.4 is 20.9 Å². The molecule has 1 saturated heterocycles.